The molecular weight excluding hydrogens is 176 g/mol. The Morgan fingerprint density at radius 3 is 3.25 bits per heavy atom. The van der Waals surface area contributed by atoms with Crippen molar-refractivity contribution in [2.24, 2.45) is 0 Å². The molecule has 0 saturated heterocycles. The van der Waals surface area contributed by atoms with Crippen molar-refractivity contribution in [2.45, 2.75) is 6.42 Å². The molecule has 2 N–H and O–H groups in total. The van der Waals surface area contributed by atoms with Gasteiger partial charge < -0.3 is 0 Å². The van der Waals surface area contributed by atoms with Crippen LogP contribution < -0.4 is 5.32 Å². The predicted octanol–water partition coefficient (Wildman–Crippen LogP) is 0.496. The summed E-state index contributed by atoms with van der Waals surface area (Å²) in [6.45, 7) is 0. The van der Waals surface area contributed by atoms with Gasteiger partial charge in [-0.1, -0.05) is 0 Å². The number of nitrogens with zero attached hydrogens (tertiary/aromatic N) is 2. The lowest BCUT2D eigenvalue weighted by Gasteiger charge is -1.98. The maximum atomic E-state index is 11.1. The first-order valence-corrected chi connectivity index (χ1v) is 4.86. The summed E-state index contributed by atoms with van der Waals surface area (Å²) in [4.78, 5) is 14.8. The van der Waals surface area contributed by atoms with E-state index in [2.05, 4.69) is 20.5 Å². The van der Waals surface area contributed by atoms with Crippen LogP contribution in [0.1, 0.15) is 6.42 Å². The first kappa shape index (κ1) is 9.05. The van der Waals surface area contributed by atoms with E-state index in [9.17, 15) is 4.79 Å². The summed E-state index contributed by atoms with van der Waals surface area (Å²) < 4.78 is 0. The molecule has 0 aliphatic rings. The van der Waals surface area contributed by atoms with Crippen LogP contribution in [-0.4, -0.2) is 33.1 Å². The molecule has 0 fully saturated rings. The summed E-state index contributed by atoms with van der Waals surface area (Å²) >= 11 is 1.64. The zero-order valence-corrected chi connectivity index (χ0v) is 7.52. The summed E-state index contributed by atoms with van der Waals surface area (Å²) in [5, 5.41) is 8.72. The lowest BCUT2D eigenvalue weighted by Crippen LogP contribution is -2.13. The first-order chi connectivity index (χ1) is 5.83. The maximum absolute atomic E-state index is 11.1. The molecule has 0 radical (unpaired) electrons. The minimum Gasteiger partial charge on any atom is -0.295 e. The van der Waals surface area contributed by atoms with Gasteiger partial charge in [-0.15, -0.1) is 0 Å². The smallest absolute Gasteiger partial charge is 0.227 e. The number of hydrogen-bond acceptors (Lipinski definition) is 4. The number of hydrogen-bond donors (Lipinski definition) is 2. The lowest BCUT2D eigenvalue weighted by atomic mass is 10.4. The van der Waals surface area contributed by atoms with Crippen LogP contribution in [0.15, 0.2) is 6.33 Å². The molecule has 0 atom stereocenters. The largest absolute Gasteiger partial charge is 0.295 e. The van der Waals surface area contributed by atoms with Gasteiger partial charge in [-0.25, -0.2) is 5.10 Å². The highest BCUT2D eigenvalue weighted by Gasteiger charge is 2.02. The number of nitrogens with one attached hydrogen (secondary N) is 2. The van der Waals surface area contributed by atoms with Gasteiger partial charge in [0, 0.05) is 12.2 Å². The standard InChI is InChI=1S/C6H10N4OS/c1-12-3-2-5(11)9-6-7-4-8-10-6/h4H,2-3H2,1H3,(H2,7,8,9,10,11). The van der Waals surface area contributed by atoms with Gasteiger partial charge in [0.2, 0.25) is 11.9 Å². The number of anilines is 1. The quantitative estimate of drug-likeness (QED) is 0.718. The van der Waals surface area contributed by atoms with Crippen molar-refractivity contribution in [3.8, 4) is 0 Å². The zero-order valence-electron chi connectivity index (χ0n) is 6.70. The molecule has 0 saturated carbocycles. The summed E-state index contributed by atoms with van der Waals surface area (Å²) in [5.41, 5.74) is 0. The molecule has 1 aromatic rings. The molecule has 0 spiro atoms. The molecule has 12 heavy (non-hydrogen) atoms. The van der Waals surface area contributed by atoms with Crippen molar-refractivity contribution in [3.63, 3.8) is 0 Å². The molecule has 0 aromatic carbocycles. The van der Waals surface area contributed by atoms with E-state index in [1.54, 1.807) is 11.8 Å². The summed E-state index contributed by atoms with van der Waals surface area (Å²) in [7, 11) is 0. The Hall–Kier alpha value is -1.04. The van der Waals surface area contributed by atoms with Crippen molar-refractivity contribution in [3.05, 3.63) is 6.33 Å². The fourth-order valence-electron chi connectivity index (χ4n) is 0.655. The van der Waals surface area contributed by atoms with Crippen molar-refractivity contribution in [1.29, 1.82) is 0 Å². The first-order valence-electron chi connectivity index (χ1n) is 3.47. The van der Waals surface area contributed by atoms with E-state index in [1.807, 2.05) is 6.26 Å². The number of thioether (sulfide) groups is 1. The van der Waals surface area contributed by atoms with Crippen LogP contribution in [0.2, 0.25) is 0 Å². The molecule has 1 heterocycles. The highest BCUT2D eigenvalue weighted by molar-refractivity contribution is 7.98. The van der Waals surface area contributed by atoms with Gasteiger partial charge >= 0.3 is 0 Å². The molecule has 0 bridgehead atoms. The predicted molar refractivity (Wildman–Crippen MR) is 48.0 cm³/mol. The van der Waals surface area contributed by atoms with Crippen molar-refractivity contribution in [2.75, 3.05) is 17.3 Å². The minimum absolute atomic E-state index is 0.0406. The second-order valence-electron chi connectivity index (χ2n) is 2.13. The van der Waals surface area contributed by atoms with Crippen LogP contribution in [0.25, 0.3) is 0 Å². The second kappa shape index (κ2) is 4.76. The van der Waals surface area contributed by atoms with Crippen molar-refractivity contribution < 1.29 is 4.79 Å². The highest BCUT2D eigenvalue weighted by Crippen LogP contribution is 1.98. The molecule has 0 aliphatic heterocycles. The Labute approximate surface area is 74.3 Å². The Morgan fingerprint density at radius 1 is 1.83 bits per heavy atom. The third-order valence-electron chi connectivity index (χ3n) is 1.21. The number of H-pyrrole nitrogens is 1. The number of carbonyl (C=O) groups is 1. The van der Waals surface area contributed by atoms with E-state index in [0.29, 0.717) is 12.4 Å². The number of carbonyl (C=O) groups excluding carboxylic acids is 1. The Bertz CT molecular complexity index is 236. The van der Waals surface area contributed by atoms with Gasteiger partial charge in [-0.3, -0.25) is 10.1 Å². The third-order valence-corrected chi connectivity index (χ3v) is 1.82. The van der Waals surface area contributed by atoms with Crippen molar-refractivity contribution in [1.82, 2.24) is 15.2 Å². The highest BCUT2D eigenvalue weighted by atomic mass is 32.2. The van der Waals surface area contributed by atoms with Gasteiger partial charge in [-0.2, -0.15) is 21.8 Å². The monoisotopic (exact) mass is 186 g/mol. The van der Waals surface area contributed by atoms with E-state index in [4.69, 9.17) is 0 Å². The number of rotatable bonds is 4. The van der Waals surface area contributed by atoms with E-state index in [1.165, 1.54) is 6.33 Å². The molecular formula is C6H10N4OS. The van der Waals surface area contributed by atoms with Crippen LogP contribution in [0.5, 0.6) is 0 Å². The van der Waals surface area contributed by atoms with E-state index < -0.39 is 0 Å². The fourth-order valence-corrected chi connectivity index (χ4v) is 1.04. The molecule has 5 nitrogen and oxygen atoms in total. The fraction of sp³-hybridized carbons (Fsp3) is 0.500. The number of amides is 1. The SMILES string of the molecule is CSCCC(=O)Nc1ncn[nH]1. The molecule has 0 unspecified atom stereocenters. The van der Waals surface area contributed by atoms with Crippen LogP contribution in [0.3, 0.4) is 0 Å². The normalized spacial score (nSPS) is 9.75. The Balaban J connectivity index is 2.27. The molecule has 6 heteroatoms. The van der Waals surface area contributed by atoms with E-state index >= 15 is 0 Å². The third kappa shape index (κ3) is 2.91. The van der Waals surface area contributed by atoms with Crippen molar-refractivity contribution >= 4 is 23.6 Å². The summed E-state index contributed by atoms with van der Waals surface area (Å²) in [6, 6.07) is 0. The van der Waals surface area contributed by atoms with Gasteiger partial charge in [-0.05, 0) is 6.26 Å². The maximum Gasteiger partial charge on any atom is 0.227 e. The van der Waals surface area contributed by atoms with Gasteiger partial charge in [0.25, 0.3) is 0 Å². The molecule has 1 aromatic heterocycles. The Kier molecular flexibility index (Phi) is 3.59. The van der Waals surface area contributed by atoms with Crippen LogP contribution in [0.4, 0.5) is 5.95 Å². The van der Waals surface area contributed by atoms with E-state index in [-0.39, 0.29) is 5.91 Å². The number of aromatic nitrogens is 3. The van der Waals surface area contributed by atoms with Crippen LogP contribution in [-0.2, 0) is 4.79 Å². The molecule has 1 rings (SSSR count). The average Bonchev–Trinajstić information content (AvgIpc) is 2.53. The zero-order chi connectivity index (χ0) is 8.81. The van der Waals surface area contributed by atoms with Crippen LogP contribution in [0, 0.1) is 0 Å². The molecule has 1 amide bonds. The van der Waals surface area contributed by atoms with E-state index in [0.717, 1.165) is 5.75 Å². The summed E-state index contributed by atoms with van der Waals surface area (Å²) in [6.07, 6.45) is 3.81. The average molecular weight is 186 g/mol. The number of aromatic amines is 1. The second-order valence-corrected chi connectivity index (χ2v) is 3.11. The van der Waals surface area contributed by atoms with Gasteiger partial charge in [0.05, 0.1) is 0 Å². The minimum atomic E-state index is -0.0406. The van der Waals surface area contributed by atoms with Gasteiger partial charge in [0.1, 0.15) is 6.33 Å². The van der Waals surface area contributed by atoms with Crippen LogP contribution >= 0.6 is 11.8 Å². The lowest BCUT2D eigenvalue weighted by molar-refractivity contribution is -0.115. The molecule has 66 valence electrons. The molecule has 0 aliphatic carbocycles. The van der Waals surface area contributed by atoms with Gasteiger partial charge in [0.15, 0.2) is 0 Å². The summed E-state index contributed by atoms with van der Waals surface area (Å²) in [5.74, 6) is 1.18. The Morgan fingerprint density at radius 2 is 2.67 bits per heavy atom. The topological polar surface area (TPSA) is 70.7 Å².